The molecule has 1 amide bonds. The van der Waals surface area contributed by atoms with Crippen molar-refractivity contribution in [2.75, 3.05) is 11.9 Å². The van der Waals surface area contributed by atoms with Crippen LogP contribution in [0.2, 0.25) is 0 Å². The molecule has 4 N–H and O–H groups in total. The summed E-state index contributed by atoms with van der Waals surface area (Å²) >= 11 is 1.43. The van der Waals surface area contributed by atoms with Gasteiger partial charge in [0.2, 0.25) is 11.0 Å². The molecular formula is C15H21N5O2S. The van der Waals surface area contributed by atoms with E-state index >= 15 is 0 Å². The third-order valence-electron chi connectivity index (χ3n) is 3.16. The first-order valence-electron chi connectivity index (χ1n) is 7.30. The SMILES string of the molecule is C=Nc1nc(NCC(N)CCc2ccc(CNC(C)=O)o2)cs1. The number of aliphatic imine (C=N–C) groups is 1. The van der Waals surface area contributed by atoms with Gasteiger partial charge in [-0.1, -0.05) is 0 Å². The molecule has 8 heteroatoms. The minimum atomic E-state index is -0.0760. The van der Waals surface area contributed by atoms with E-state index in [4.69, 9.17) is 10.2 Å². The van der Waals surface area contributed by atoms with Crippen LogP contribution in [0.4, 0.5) is 10.9 Å². The number of thiazole rings is 1. The minimum Gasteiger partial charge on any atom is -0.464 e. The van der Waals surface area contributed by atoms with E-state index in [0.29, 0.717) is 18.2 Å². The quantitative estimate of drug-likeness (QED) is 0.608. The van der Waals surface area contributed by atoms with Gasteiger partial charge in [-0.25, -0.2) is 9.98 Å². The second kappa shape index (κ2) is 8.44. The molecule has 2 rings (SSSR count). The number of amides is 1. The lowest BCUT2D eigenvalue weighted by Crippen LogP contribution is -2.29. The number of aryl methyl sites for hydroxylation is 1. The number of aromatic nitrogens is 1. The van der Waals surface area contributed by atoms with Crippen molar-refractivity contribution >= 4 is 34.9 Å². The molecule has 2 aromatic rings. The predicted molar refractivity (Wildman–Crippen MR) is 92.3 cm³/mol. The first kappa shape index (κ1) is 17.2. The van der Waals surface area contributed by atoms with Gasteiger partial charge in [0, 0.05) is 31.3 Å². The molecule has 2 heterocycles. The average molecular weight is 335 g/mol. The summed E-state index contributed by atoms with van der Waals surface area (Å²) in [5.41, 5.74) is 6.09. The van der Waals surface area contributed by atoms with Crippen molar-refractivity contribution in [3.63, 3.8) is 0 Å². The highest BCUT2D eigenvalue weighted by Gasteiger charge is 2.08. The topological polar surface area (TPSA) is 106 Å². The molecule has 1 atom stereocenters. The maximum absolute atomic E-state index is 10.9. The second-order valence-corrected chi connectivity index (χ2v) is 5.97. The number of carbonyl (C=O) groups is 1. The molecule has 124 valence electrons. The number of nitrogens with two attached hydrogens (primary N) is 1. The van der Waals surface area contributed by atoms with Crippen molar-refractivity contribution in [3.8, 4) is 0 Å². The molecule has 0 aliphatic heterocycles. The Hall–Kier alpha value is -2.19. The first-order chi connectivity index (χ1) is 11.1. The molecule has 0 fully saturated rings. The lowest BCUT2D eigenvalue weighted by Gasteiger charge is -2.11. The van der Waals surface area contributed by atoms with Gasteiger partial charge < -0.3 is 20.8 Å². The van der Waals surface area contributed by atoms with E-state index in [0.717, 1.165) is 30.2 Å². The van der Waals surface area contributed by atoms with E-state index in [-0.39, 0.29) is 11.9 Å². The fourth-order valence-corrected chi connectivity index (χ4v) is 2.53. The highest BCUT2D eigenvalue weighted by Crippen LogP contribution is 2.21. The molecule has 0 aliphatic rings. The highest BCUT2D eigenvalue weighted by molar-refractivity contribution is 7.13. The number of hydrogen-bond acceptors (Lipinski definition) is 7. The zero-order valence-corrected chi connectivity index (χ0v) is 13.9. The van der Waals surface area contributed by atoms with Crippen LogP contribution in [0, 0.1) is 0 Å². The molecule has 0 radical (unpaired) electrons. The van der Waals surface area contributed by atoms with E-state index in [1.807, 2.05) is 17.5 Å². The van der Waals surface area contributed by atoms with Crippen LogP contribution in [-0.4, -0.2) is 30.2 Å². The Kier molecular flexibility index (Phi) is 6.30. The van der Waals surface area contributed by atoms with Gasteiger partial charge >= 0.3 is 0 Å². The molecule has 7 nitrogen and oxygen atoms in total. The zero-order chi connectivity index (χ0) is 16.7. The Morgan fingerprint density at radius 1 is 1.52 bits per heavy atom. The third-order valence-corrected chi connectivity index (χ3v) is 3.94. The number of anilines is 1. The standard InChI is InChI=1S/C15H21N5O2S/c1-10(21)18-8-13-6-5-12(22-13)4-3-11(16)7-19-14-9-23-15(17-2)20-14/h5-6,9,11,19H,2-4,7-8,16H2,1H3,(H,18,21). The van der Waals surface area contributed by atoms with Crippen LogP contribution in [0.25, 0.3) is 0 Å². The molecule has 0 aliphatic carbocycles. The monoisotopic (exact) mass is 335 g/mol. The van der Waals surface area contributed by atoms with Crippen molar-refractivity contribution in [2.24, 2.45) is 10.7 Å². The van der Waals surface area contributed by atoms with Crippen LogP contribution < -0.4 is 16.4 Å². The van der Waals surface area contributed by atoms with E-state index in [2.05, 4.69) is 27.3 Å². The van der Waals surface area contributed by atoms with Crippen LogP contribution in [0.15, 0.2) is 26.9 Å². The maximum Gasteiger partial charge on any atom is 0.217 e. The fourth-order valence-electron chi connectivity index (χ4n) is 1.95. The van der Waals surface area contributed by atoms with E-state index in [1.165, 1.54) is 18.3 Å². The van der Waals surface area contributed by atoms with Gasteiger partial charge in [0.15, 0.2) is 0 Å². The van der Waals surface area contributed by atoms with Crippen molar-refractivity contribution in [1.29, 1.82) is 0 Å². The van der Waals surface area contributed by atoms with Crippen molar-refractivity contribution < 1.29 is 9.21 Å². The van der Waals surface area contributed by atoms with Crippen molar-refractivity contribution in [3.05, 3.63) is 29.0 Å². The lowest BCUT2D eigenvalue weighted by atomic mass is 10.1. The van der Waals surface area contributed by atoms with Crippen LogP contribution in [0.5, 0.6) is 0 Å². The van der Waals surface area contributed by atoms with E-state index < -0.39 is 0 Å². The predicted octanol–water partition coefficient (Wildman–Crippen LogP) is 2.08. The summed E-state index contributed by atoms with van der Waals surface area (Å²) in [6.45, 7) is 5.95. The molecule has 23 heavy (non-hydrogen) atoms. The highest BCUT2D eigenvalue weighted by atomic mass is 32.1. The smallest absolute Gasteiger partial charge is 0.217 e. The van der Waals surface area contributed by atoms with Crippen LogP contribution in [0.1, 0.15) is 24.9 Å². The summed E-state index contributed by atoms with van der Waals surface area (Å²) in [7, 11) is 0. The van der Waals surface area contributed by atoms with E-state index in [1.54, 1.807) is 0 Å². The minimum absolute atomic E-state index is 0.0132. The van der Waals surface area contributed by atoms with Crippen molar-refractivity contribution in [1.82, 2.24) is 10.3 Å². The normalized spacial score (nSPS) is 11.9. The second-order valence-electron chi connectivity index (χ2n) is 5.13. The molecule has 0 saturated heterocycles. The van der Waals surface area contributed by atoms with Crippen LogP contribution >= 0.6 is 11.3 Å². The Balaban J connectivity index is 1.70. The lowest BCUT2D eigenvalue weighted by molar-refractivity contribution is -0.119. The largest absolute Gasteiger partial charge is 0.464 e. The summed E-state index contributed by atoms with van der Waals surface area (Å²) in [6, 6.07) is 3.77. The molecule has 1 unspecified atom stereocenters. The molecule has 0 saturated carbocycles. The average Bonchev–Trinajstić information content (AvgIpc) is 3.17. The molecular weight excluding hydrogens is 314 g/mol. The Bertz CT molecular complexity index is 652. The molecule has 0 bridgehead atoms. The summed E-state index contributed by atoms with van der Waals surface area (Å²) < 4.78 is 5.64. The Morgan fingerprint density at radius 2 is 2.30 bits per heavy atom. The van der Waals surface area contributed by atoms with Crippen LogP contribution in [-0.2, 0) is 17.8 Å². The summed E-state index contributed by atoms with van der Waals surface area (Å²) in [5.74, 6) is 2.30. The fraction of sp³-hybridized carbons (Fsp3) is 0.400. The zero-order valence-electron chi connectivity index (χ0n) is 13.0. The Labute approximate surface area is 139 Å². The Morgan fingerprint density at radius 3 is 3.00 bits per heavy atom. The molecule has 2 aromatic heterocycles. The van der Waals surface area contributed by atoms with Gasteiger partial charge in [-0.05, 0) is 25.3 Å². The number of nitrogens with zero attached hydrogens (tertiary/aromatic N) is 2. The summed E-state index contributed by atoms with van der Waals surface area (Å²) in [4.78, 5) is 18.9. The number of carbonyl (C=O) groups excluding carboxylic acids is 1. The number of rotatable bonds is 9. The van der Waals surface area contributed by atoms with Gasteiger partial charge in [0.25, 0.3) is 0 Å². The van der Waals surface area contributed by atoms with Gasteiger partial charge in [0.1, 0.15) is 17.3 Å². The molecule has 0 aromatic carbocycles. The van der Waals surface area contributed by atoms with Gasteiger partial charge in [-0.2, -0.15) is 0 Å². The first-order valence-corrected chi connectivity index (χ1v) is 8.18. The van der Waals surface area contributed by atoms with Gasteiger partial charge in [-0.3, -0.25) is 4.79 Å². The van der Waals surface area contributed by atoms with E-state index in [9.17, 15) is 4.79 Å². The molecule has 0 spiro atoms. The van der Waals surface area contributed by atoms with Gasteiger partial charge in [-0.15, -0.1) is 11.3 Å². The van der Waals surface area contributed by atoms with Crippen molar-refractivity contribution in [2.45, 2.75) is 32.4 Å². The summed E-state index contributed by atoms with van der Waals surface area (Å²) in [6.07, 6.45) is 1.54. The maximum atomic E-state index is 10.9. The number of hydrogen-bond donors (Lipinski definition) is 3. The number of nitrogens with one attached hydrogen (secondary N) is 2. The number of furan rings is 1. The van der Waals surface area contributed by atoms with Gasteiger partial charge in [0.05, 0.1) is 6.54 Å². The third kappa shape index (κ3) is 5.84. The summed E-state index contributed by atoms with van der Waals surface area (Å²) in [5, 5.41) is 8.41. The van der Waals surface area contributed by atoms with Crippen LogP contribution in [0.3, 0.4) is 0 Å².